The van der Waals surface area contributed by atoms with E-state index in [4.69, 9.17) is 10.7 Å². The van der Waals surface area contributed by atoms with Crippen molar-refractivity contribution in [3.63, 3.8) is 0 Å². The largest absolute Gasteiger partial charge is 0.235 e. The van der Waals surface area contributed by atoms with Gasteiger partial charge >= 0.3 is 0 Å². The van der Waals surface area contributed by atoms with Gasteiger partial charge in [0.15, 0.2) is 0 Å². The smallest absolute Gasteiger partial charge is 0.212 e. The van der Waals surface area contributed by atoms with Crippen molar-refractivity contribution in [1.82, 2.24) is 0 Å². The van der Waals surface area contributed by atoms with Gasteiger partial charge in [0.2, 0.25) is 9.05 Å². The summed E-state index contributed by atoms with van der Waals surface area (Å²) in [6.07, 6.45) is 10.2. The van der Waals surface area contributed by atoms with Crippen LogP contribution in [0, 0.1) is 23.2 Å². The fourth-order valence-electron chi connectivity index (χ4n) is 5.25. The zero-order valence-corrected chi connectivity index (χ0v) is 12.6. The van der Waals surface area contributed by atoms with E-state index in [0.29, 0.717) is 5.41 Å². The Kier molecular flexibility index (Phi) is 3.22. The molecular formula is C14H23ClO2S. The van der Waals surface area contributed by atoms with Crippen molar-refractivity contribution in [2.24, 2.45) is 23.2 Å². The van der Waals surface area contributed by atoms with Crippen molar-refractivity contribution in [3.8, 4) is 0 Å². The van der Waals surface area contributed by atoms with Crippen molar-refractivity contribution in [2.75, 3.05) is 0 Å². The molecule has 0 spiro atoms. The zero-order valence-electron chi connectivity index (χ0n) is 11.1. The summed E-state index contributed by atoms with van der Waals surface area (Å²) in [5.74, 6) is 2.83. The summed E-state index contributed by atoms with van der Waals surface area (Å²) in [4.78, 5) is 0. The molecule has 4 aliphatic carbocycles. The summed E-state index contributed by atoms with van der Waals surface area (Å²) in [5, 5.41) is -0.382. The van der Waals surface area contributed by atoms with Crippen LogP contribution in [0.3, 0.4) is 0 Å². The summed E-state index contributed by atoms with van der Waals surface area (Å²) in [6, 6.07) is 0. The minimum Gasteiger partial charge on any atom is -0.212 e. The van der Waals surface area contributed by atoms with E-state index in [1.54, 1.807) is 6.92 Å². The summed E-state index contributed by atoms with van der Waals surface area (Å²) in [5.41, 5.74) is 0.477. The number of hydrogen-bond donors (Lipinski definition) is 0. The highest BCUT2D eigenvalue weighted by molar-refractivity contribution is 8.14. The molecule has 18 heavy (non-hydrogen) atoms. The molecule has 4 rings (SSSR count). The third-order valence-electron chi connectivity index (χ3n) is 5.73. The van der Waals surface area contributed by atoms with Crippen LogP contribution in [0.15, 0.2) is 0 Å². The highest BCUT2D eigenvalue weighted by Crippen LogP contribution is 2.61. The maximum atomic E-state index is 11.3. The highest BCUT2D eigenvalue weighted by atomic mass is 35.7. The molecular weight excluding hydrogens is 268 g/mol. The Hall–Kier alpha value is 0.240. The van der Waals surface area contributed by atoms with Gasteiger partial charge in [0, 0.05) is 10.7 Å². The molecule has 4 fully saturated rings. The molecule has 2 nitrogen and oxygen atoms in total. The number of hydrogen-bond acceptors (Lipinski definition) is 2. The Bertz CT molecular complexity index is 394. The van der Waals surface area contributed by atoms with Gasteiger partial charge in [-0.25, -0.2) is 8.42 Å². The summed E-state index contributed by atoms with van der Waals surface area (Å²) in [7, 11) is 2.08. The average molecular weight is 291 g/mol. The second-order valence-electron chi connectivity index (χ2n) is 7.24. The van der Waals surface area contributed by atoms with Crippen LogP contribution < -0.4 is 0 Å². The SMILES string of the molecule is CC(CCC12CC3CC(CC(C3)C1)C2)S(=O)(=O)Cl. The zero-order chi connectivity index (χ0) is 13.0. The van der Waals surface area contributed by atoms with Crippen LogP contribution in [0.5, 0.6) is 0 Å². The van der Waals surface area contributed by atoms with E-state index in [9.17, 15) is 8.42 Å². The molecule has 0 amide bonds. The lowest BCUT2D eigenvalue weighted by Crippen LogP contribution is -2.46. The molecule has 0 saturated heterocycles. The first-order valence-corrected chi connectivity index (χ1v) is 9.67. The fraction of sp³-hybridized carbons (Fsp3) is 1.00. The van der Waals surface area contributed by atoms with Gasteiger partial charge in [0.1, 0.15) is 0 Å². The summed E-state index contributed by atoms with van der Waals surface area (Å²) >= 11 is 0. The Morgan fingerprint density at radius 2 is 1.56 bits per heavy atom. The van der Waals surface area contributed by atoms with Crippen LogP contribution in [0.25, 0.3) is 0 Å². The van der Waals surface area contributed by atoms with E-state index in [-0.39, 0.29) is 5.25 Å². The molecule has 0 aromatic rings. The van der Waals surface area contributed by atoms with E-state index < -0.39 is 9.05 Å². The van der Waals surface area contributed by atoms with Gasteiger partial charge in [-0.1, -0.05) is 0 Å². The Morgan fingerprint density at radius 3 is 1.94 bits per heavy atom. The molecule has 4 bridgehead atoms. The van der Waals surface area contributed by atoms with E-state index in [1.165, 1.54) is 38.5 Å². The monoisotopic (exact) mass is 290 g/mol. The molecule has 4 saturated carbocycles. The minimum atomic E-state index is -3.36. The third kappa shape index (κ3) is 2.45. The lowest BCUT2D eigenvalue weighted by molar-refractivity contribution is -0.0580. The van der Waals surface area contributed by atoms with Gasteiger partial charge in [0.25, 0.3) is 0 Å². The average Bonchev–Trinajstić information content (AvgIpc) is 2.22. The van der Waals surface area contributed by atoms with Crippen LogP contribution in [0.1, 0.15) is 58.3 Å². The first-order valence-electron chi connectivity index (χ1n) is 7.30. The quantitative estimate of drug-likeness (QED) is 0.735. The second-order valence-corrected chi connectivity index (χ2v) is 10.3. The maximum absolute atomic E-state index is 11.3. The van der Waals surface area contributed by atoms with Gasteiger partial charge in [-0.05, 0) is 81.5 Å². The van der Waals surface area contributed by atoms with Crippen LogP contribution >= 0.6 is 10.7 Å². The van der Waals surface area contributed by atoms with Crippen molar-refractivity contribution in [2.45, 2.75) is 63.5 Å². The first-order chi connectivity index (χ1) is 8.36. The molecule has 1 unspecified atom stereocenters. The maximum Gasteiger partial charge on any atom is 0.235 e. The van der Waals surface area contributed by atoms with Gasteiger partial charge in [-0.15, -0.1) is 0 Å². The van der Waals surface area contributed by atoms with Crippen LogP contribution in [0.4, 0.5) is 0 Å². The van der Waals surface area contributed by atoms with E-state index in [0.717, 1.165) is 30.6 Å². The normalized spacial score (nSPS) is 44.2. The lowest BCUT2D eigenvalue weighted by Gasteiger charge is -2.57. The standard InChI is InChI=1S/C14H23ClO2S/c1-10(18(15,16)17)2-3-14-7-11-4-12(8-14)6-13(5-11)9-14/h10-13H,2-9H2,1H3. The molecule has 0 heterocycles. The van der Waals surface area contributed by atoms with Crippen LogP contribution in [-0.2, 0) is 9.05 Å². The predicted molar refractivity (Wildman–Crippen MR) is 74.1 cm³/mol. The van der Waals surface area contributed by atoms with Crippen LogP contribution in [-0.4, -0.2) is 13.7 Å². The fourth-order valence-corrected chi connectivity index (χ4v) is 5.91. The van der Waals surface area contributed by atoms with E-state index in [2.05, 4.69) is 0 Å². The van der Waals surface area contributed by atoms with E-state index >= 15 is 0 Å². The Balaban J connectivity index is 1.66. The molecule has 4 heteroatoms. The molecule has 1 atom stereocenters. The molecule has 0 radical (unpaired) electrons. The van der Waals surface area contributed by atoms with Crippen molar-refractivity contribution in [3.05, 3.63) is 0 Å². The first kappa shape index (κ1) is 13.2. The lowest BCUT2D eigenvalue weighted by atomic mass is 9.48. The van der Waals surface area contributed by atoms with Crippen LogP contribution in [0.2, 0.25) is 0 Å². The topological polar surface area (TPSA) is 34.1 Å². The van der Waals surface area contributed by atoms with Crippen molar-refractivity contribution < 1.29 is 8.42 Å². The third-order valence-corrected chi connectivity index (χ3v) is 7.84. The van der Waals surface area contributed by atoms with Gasteiger partial charge < -0.3 is 0 Å². The molecule has 0 N–H and O–H groups in total. The Morgan fingerprint density at radius 1 is 1.11 bits per heavy atom. The van der Waals surface area contributed by atoms with Crippen molar-refractivity contribution in [1.29, 1.82) is 0 Å². The Labute approximate surface area is 115 Å². The molecule has 4 aliphatic rings. The van der Waals surface area contributed by atoms with Gasteiger partial charge in [-0.3, -0.25) is 0 Å². The highest BCUT2D eigenvalue weighted by Gasteiger charge is 2.50. The molecule has 0 aromatic heterocycles. The molecule has 0 aromatic carbocycles. The van der Waals surface area contributed by atoms with E-state index in [1.807, 2.05) is 0 Å². The minimum absolute atomic E-state index is 0.382. The van der Waals surface area contributed by atoms with Crippen molar-refractivity contribution >= 4 is 19.7 Å². The molecule has 104 valence electrons. The molecule has 0 aliphatic heterocycles. The number of rotatable bonds is 4. The predicted octanol–water partition coefficient (Wildman–Crippen LogP) is 3.94. The summed E-state index contributed by atoms with van der Waals surface area (Å²) < 4.78 is 22.6. The van der Waals surface area contributed by atoms with Gasteiger partial charge in [-0.2, -0.15) is 0 Å². The van der Waals surface area contributed by atoms with Gasteiger partial charge in [0.05, 0.1) is 5.25 Å². The number of halogens is 1. The summed E-state index contributed by atoms with van der Waals surface area (Å²) in [6.45, 7) is 1.75. The second kappa shape index (κ2) is 4.37.